The van der Waals surface area contributed by atoms with Crippen LogP contribution < -0.4 is 10.2 Å². The van der Waals surface area contributed by atoms with E-state index in [4.69, 9.17) is 0 Å². The molecule has 1 amide bonds. The van der Waals surface area contributed by atoms with Gasteiger partial charge in [-0.2, -0.15) is 0 Å². The lowest BCUT2D eigenvalue weighted by Crippen LogP contribution is -2.30. The van der Waals surface area contributed by atoms with E-state index in [1.165, 1.54) is 12.1 Å². The molecule has 0 atom stereocenters. The fourth-order valence-electron chi connectivity index (χ4n) is 2.55. The lowest BCUT2D eigenvalue weighted by molar-refractivity contribution is -0.383. The molecule has 1 N–H and O–H groups in total. The first kappa shape index (κ1) is 17.8. The summed E-state index contributed by atoms with van der Waals surface area (Å²) in [5.74, 6) is -0.235. The molecule has 1 aromatic heterocycles. The number of rotatable bonds is 5. The van der Waals surface area contributed by atoms with E-state index in [1.54, 1.807) is 11.9 Å². The number of carbonyl (C=O) groups is 1. The quantitative estimate of drug-likeness (QED) is 0.498. The molecule has 0 fully saturated rings. The highest BCUT2D eigenvalue weighted by Crippen LogP contribution is 2.30. The molecule has 10 heteroatoms. The maximum atomic E-state index is 12.4. The van der Waals surface area contributed by atoms with Crippen molar-refractivity contribution in [1.82, 2.24) is 10.3 Å². The lowest BCUT2D eigenvalue weighted by atomic mass is 10.2. The highest BCUT2D eigenvalue weighted by atomic mass is 79.9. The van der Waals surface area contributed by atoms with Gasteiger partial charge >= 0.3 is 5.69 Å². The van der Waals surface area contributed by atoms with E-state index in [1.807, 2.05) is 25.1 Å². The zero-order valence-electron chi connectivity index (χ0n) is 13.9. The zero-order chi connectivity index (χ0) is 18.8. The number of hydrogen-bond donors (Lipinski definition) is 1. The van der Waals surface area contributed by atoms with Gasteiger partial charge in [0, 0.05) is 23.3 Å². The van der Waals surface area contributed by atoms with E-state index in [-0.39, 0.29) is 29.2 Å². The van der Waals surface area contributed by atoms with Crippen LogP contribution in [-0.4, -0.2) is 34.7 Å². The van der Waals surface area contributed by atoms with Gasteiger partial charge in [0.15, 0.2) is 5.52 Å². The van der Waals surface area contributed by atoms with Crippen molar-refractivity contribution in [2.24, 2.45) is 0 Å². The van der Waals surface area contributed by atoms with Crippen molar-refractivity contribution in [3.05, 3.63) is 50.5 Å². The van der Waals surface area contributed by atoms with Gasteiger partial charge < -0.3 is 10.2 Å². The van der Waals surface area contributed by atoms with Gasteiger partial charge in [-0.15, -0.1) is 0 Å². The zero-order valence-corrected chi connectivity index (χ0v) is 15.5. The van der Waals surface area contributed by atoms with Crippen LogP contribution >= 0.6 is 15.9 Å². The maximum Gasteiger partial charge on any atom is 0.300 e. The number of aromatic nitrogens is 2. The van der Waals surface area contributed by atoms with Crippen molar-refractivity contribution in [3.8, 4) is 0 Å². The number of non-ortho nitro benzene ring substituents is 1. The molecule has 0 saturated heterocycles. The smallest absolute Gasteiger partial charge is 0.300 e. The number of nitrogens with zero attached hydrogens (tertiary/aromatic N) is 4. The van der Waals surface area contributed by atoms with Crippen LogP contribution in [0, 0.1) is 17.0 Å². The molecule has 0 unspecified atom stereocenters. The van der Waals surface area contributed by atoms with Crippen molar-refractivity contribution in [2.75, 3.05) is 23.8 Å². The topological polar surface area (TPSA) is 114 Å². The third kappa shape index (κ3) is 3.49. The number of carbonyl (C=O) groups excluding carboxylic acids is 1. The van der Waals surface area contributed by atoms with E-state index in [9.17, 15) is 14.9 Å². The first-order valence-corrected chi connectivity index (χ1v) is 8.33. The summed E-state index contributed by atoms with van der Waals surface area (Å²) in [5, 5.41) is 21.2. The highest BCUT2D eigenvalue weighted by Gasteiger charge is 2.22. The second-order valence-corrected chi connectivity index (χ2v) is 6.60. The molecular formula is C16H14BrN5O4. The minimum atomic E-state index is -0.556. The van der Waals surface area contributed by atoms with Crippen LogP contribution in [0.5, 0.6) is 0 Å². The third-order valence-corrected chi connectivity index (χ3v) is 4.32. The number of fused-ring (bicyclic) bond motifs is 1. The highest BCUT2D eigenvalue weighted by molar-refractivity contribution is 9.10. The van der Waals surface area contributed by atoms with Crippen molar-refractivity contribution in [3.63, 3.8) is 0 Å². The van der Waals surface area contributed by atoms with Crippen LogP contribution in [0.2, 0.25) is 0 Å². The van der Waals surface area contributed by atoms with Crippen LogP contribution in [-0.2, 0) is 4.79 Å². The Morgan fingerprint density at radius 1 is 1.31 bits per heavy atom. The van der Waals surface area contributed by atoms with E-state index in [0.717, 1.165) is 10.0 Å². The van der Waals surface area contributed by atoms with E-state index >= 15 is 0 Å². The lowest BCUT2D eigenvalue weighted by Gasteiger charge is -2.19. The van der Waals surface area contributed by atoms with Gasteiger partial charge in [0.25, 0.3) is 0 Å². The molecule has 0 spiro atoms. The Balaban J connectivity index is 1.80. The Bertz CT molecular complexity index is 1000. The fraction of sp³-hybridized carbons (Fsp3) is 0.188. The maximum absolute atomic E-state index is 12.4. The molecule has 0 aliphatic heterocycles. The van der Waals surface area contributed by atoms with E-state index in [0.29, 0.717) is 11.4 Å². The number of nitrogens with one attached hydrogen (secondary N) is 1. The Labute approximate surface area is 156 Å². The fourth-order valence-corrected chi connectivity index (χ4v) is 3.03. The average molecular weight is 420 g/mol. The molecule has 9 nitrogen and oxygen atoms in total. The number of aryl methyl sites for hydroxylation is 1. The molecule has 26 heavy (non-hydrogen) atoms. The normalized spacial score (nSPS) is 10.7. The Morgan fingerprint density at radius 3 is 2.73 bits per heavy atom. The number of anilines is 2. The Hall–Kier alpha value is -3.01. The molecule has 3 rings (SSSR count). The van der Waals surface area contributed by atoms with Crippen LogP contribution in [0.3, 0.4) is 0 Å². The molecule has 2 aromatic carbocycles. The summed E-state index contributed by atoms with van der Waals surface area (Å²) in [6.45, 7) is 1.92. The van der Waals surface area contributed by atoms with Crippen molar-refractivity contribution in [1.29, 1.82) is 0 Å². The second-order valence-electron chi connectivity index (χ2n) is 5.69. The van der Waals surface area contributed by atoms with Gasteiger partial charge in [-0.1, -0.05) is 15.9 Å². The number of amides is 1. The van der Waals surface area contributed by atoms with Crippen molar-refractivity contribution >= 4 is 49.9 Å². The monoisotopic (exact) mass is 419 g/mol. The Kier molecular flexibility index (Phi) is 4.85. The van der Waals surface area contributed by atoms with Gasteiger partial charge in [0.05, 0.1) is 17.2 Å². The first-order valence-electron chi connectivity index (χ1n) is 7.53. The van der Waals surface area contributed by atoms with E-state index in [2.05, 4.69) is 36.2 Å². The average Bonchev–Trinajstić information content (AvgIpc) is 3.05. The van der Waals surface area contributed by atoms with Gasteiger partial charge in [-0.3, -0.25) is 14.9 Å². The van der Waals surface area contributed by atoms with Gasteiger partial charge in [0.2, 0.25) is 11.4 Å². The molecule has 0 bridgehead atoms. The second kappa shape index (κ2) is 7.08. The molecule has 0 saturated carbocycles. The summed E-state index contributed by atoms with van der Waals surface area (Å²) in [5.41, 5.74) is 2.22. The standard InChI is InChI=1S/C16H14BrN5O4/c1-9-7-10(17)3-4-11(9)18-14(23)8-21(2)12-5-6-13(22(24)25)16-15(12)19-26-20-16/h3-7H,8H2,1-2H3,(H,18,23). The third-order valence-electron chi connectivity index (χ3n) is 3.82. The number of hydrogen-bond acceptors (Lipinski definition) is 7. The van der Waals surface area contributed by atoms with Gasteiger partial charge in [-0.05, 0) is 47.1 Å². The minimum absolute atomic E-state index is 0.0231. The molecule has 134 valence electrons. The molecule has 0 aliphatic carbocycles. The predicted molar refractivity (Wildman–Crippen MR) is 99.2 cm³/mol. The minimum Gasteiger partial charge on any atom is -0.363 e. The van der Waals surface area contributed by atoms with Crippen molar-refractivity contribution in [2.45, 2.75) is 6.92 Å². The number of halogens is 1. The largest absolute Gasteiger partial charge is 0.363 e. The summed E-state index contributed by atoms with van der Waals surface area (Å²) in [6.07, 6.45) is 0. The summed E-state index contributed by atoms with van der Waals surface area (Å²) < 4.78 is 5.57. The number of likely N-dealkylation sites (N-methyl/N-ethyl adjacent to an activating group) is 1. The Morgan fingerprint density at radius 2 is 2.04 bits per heavy atom. The summed E-state index contributed by atoms with van der Waals surface area (Å²) in [4.78, 5) is 24.5. The van der Waals surface area contributed by atoms with Gasteiger partial charge in [0.1, 0.15) is 0 Å². The number of nitro benzene ring substituents is 1. The molecule has 0 radical (unpaired) electrons. The van der Waals surface area contributed by atoms with Crippen LogP contribution in [0.4, 0.5) is 17.1 Å². The van der Waals surface area contributed by atoms with Gasteiger partial charge in [-0.25, -0.2) is 4.63 Å². The number of benzene rings is 2. The summed E-state index contributed by atoms with van der Waals surface area (Å²) in [7, 11) is 1.68. The molecule has 1 heterocycles. The predicted octanol–water partition coefficient (Wildman–Crippen LogP) is 3.28. The number of nitro groups is 1. The molecular weight excluding hydrogens is 406 g/mol. The summed E-state index contributed by atoms with van der Waals surface area (Å²) in [6, 6.07) is 8.38. The van der Waals surface area contributed by atoms with Crippen molar-refractivity contribution < 1.29 is 14.3 Å². The summed E-state index contributed by atoms with van der Waals surface area (Å²) >= 11 is 3.38. The first-order chi connectivity index (χ1) is 12.4. The molecule has 3 aromatic rings. The molecule has 0 aliphatic rings. The van der Waals surface area contributed by atoms with Crippen LogP contribution in [0.25, 0.3) is 11.0 Å². The SMILES string of the molecule is Cc1cc(Br)ccc1NC(=O)CN(C)c1ccc([N+](=O)[O-])c2nonc12. The van der Waals surface area contributed by atoms with Crippen LogP contribution in [0.15, 0.2) is 39.4 Å². The van der Waals surface area contributed by atoms with E-state index < -0.39 is 4.92 Å². The van der Waals surface area contributed by atoms with Crippen LogP contribution in [0.1, 0.15) is 5.56 Å².